The molecule has 1 aliphatic heterocycles. The molecule has 1 aromatic rings. The van der Waals surface area contributed by atoms with Crippen LogP contribution < -0.4 is 0 Å². The number of hydrogen-bond donors (Lipinski definition) is 0. The fourth-order valence-corrected chi connectivity index (χ4v) is 2.21. The molecule has 0 bridgehead atoms. The Balaban J connectivity index is 1.95. The van der Waals surface area contributed by atoms with Crippen molar-refractivity contribution in [3.63, 3.8) is 0 Å². The quantitative estimate of drug-likeness (QED) is 0.776. The van der Waals surface area contributed by atoms with Crippen LogP contribution in [0.5, 0.6) is 0 Å². The van der Waals surface area contributed by atoms with E-state index in [1.807, 2.05) is 6.07 Å². The zero-order chi connectivity index (χ0) is 11.4. The number of benzene rings is 1. The Kier molecular flexibility index (Phi) is 3.62. The molecule has 0 saturated carbocycles. The van der Waals surface area contributed by atoms with Gasteiger partial charge in [-0.2, -0.15) is 0 Å². The van der Waals surface area contributed by atoms with Gasteiger partial charge in [-0.3, -0.25) is 0 Å². The molecule has 1 atom stereocenters. The maximum absolute atomic E-state index is 6.03. The minimum Gasteiger partial charge on any atom is -0.347 e. The van der Waals surface area contributed by atoms with Gasteiger partial charge in [-0.25, -0.2) is 0 Å². The second-order valence-corrected chi connectivity index (χ2v) is 4.36. The van der Waals surface area contributed by atoms with Gasteiger partial charge in [0.05, 0.1) is 12.7 Å². The van der Waals surface area contributed by atoms with Crippen molar-refractivity contribution >= 4 is 0 Å². The van der Waals surface area contributed by atoms with Gasteiger partial charge in [-0.05, 0) is 18.4 Å². The lowest BCUT2D eigenvalue weighted by Gasteiger charge is -2.24. The molecule has 0 spiro atoms. The molecule has 1 aromatic carbocycles. The van der Waals surface area contributed by atoms with Gasteiger partial charge in [0.15, 0.2) is 5.79 Å². The van der Waals surface area contributed by atoms with E-state index in [0.717, 1.165) is 25.9 Å². The van der Waals surface area contributed by atoms with Crippen molar-refractivity contribution in [3.8, 4) is 0 Å². The average molecular weight is 220 g/mol. The SMILES string of the molecule is CCC1(CC)OCC(Cc2ccccc2)O1. The minimum atomic E-state index is -0.320. The first-order chi connectivity index (χ1) is 7.78. The molecule has 1 heterocycles. The lowest BCUT2D eigenvalue weighted by atomic mass is 10.1. The molecule has 1 fully saturated rings. The molecule has 2 rings (SSSR count). The van der Waals surface area contributed by atoms with Crippen molar-refractivity contribution in [1.29, 1.82) is 0 Å². The lowest BCUT2D eigenvalue weighted by Crippen LogP contribution is -2.29. The first kappa shape index (κ1) is 11.6. The normalized spacial score (nSPS) is 23.5. The molecule has 2 heteroatoms. The van der Waals surface area contributed by atoms with Crippen molar-refractivity contribution in [1.82, 2.24) is 0 Å². The van der Waals surface area contributed by atoms with Crippen molar-refractivity contribution in [3.05, 3.63) is 35.9 Å². The maximum atomic E-state index is 6.03. The van der Waals surface area contributed by atoms with Gasteiger partial charge < -0.3 is 9.47 Å². The first-order valence-electron chi connectivity index (χ1n) is 6.13. The summed E-state index contributed by atoms with van der Waals surface area (Å²) < 4.78 is 11.8. The first-order valence-corrected chi connectivity index (χ1v) is 6.13. The van der Waals surface area contributed by atoms with Gasteiger partial charge in [-0.1, -0.05) is 44.2 Å². The van der Waals surface area contributed by atoms with Gasteiger partial charge in [0.2, 0.25) is 0 Å². The highest BCUT2D eigenvalue weighted by molar-refractivity contribution is 5.15. The third-order valence-electron chi connectivity index (χ3n) is 3.30. The summed E-state index contributed by atoms with van der Waals surface area (Å²) in [5.74, 6) is -0.320. The highest BCUT2D eigenvalue weighted by Gasteiger charge is 2.38. The molecule has 0 radical (unpaired) electrons. The standard InChI is InChI=1S/C14H20O2/c1-3-14(4-2)15-11-13(16-14)10-12-8-6-5-7-9-12/h5-9,13H,3-4,10-11H2,1-2H3. The Morgan fingerprint density at radius 2 is 1.88 bits per heavy atom. The van der Waals surface area contributed by atoms with Gasteiger partial charge in [-0.15, -0.1) is 0 Å². The second kappa shape index (κ2) is 4.98. The topological polar surface area (TPSA) is 18.5 Å². The Bertz CT molecular complexity index is 317. The molecule has 1 aliphatic rings. The summed E-state index contributed by atoms with van der Waals surface area (Å²) in [5.41, 5.74) is 1.32. The van der Waals surface area contributed by atoms with Crippen LogP contribution in [0.1, 0.15) is 32.3 Å². The summed E-state index contributed by atoms with van der Waals surface area (Å²) in [6, 6.07) is 10.5. The van der Waals surface area contributed by atoms with E-state index in [-0.39, 0.29) is 11.9 Å². The monoisotopic (exact) mass is 220 g/mol. The van der Waals surface area contributed by atoms with Crippen molar-refractivity contribution < 1.29 is 9.47 Å². The van der Waals surface area contributed by atoms with E-state index in [0.29, 0.717) is 0 Å². The minimum absolute atomic E-state index is 0.210. The van der Waals surface area contributed by atoms with Crippen LogP contribution in [0.2, 0.25) is 0 Å². The fraction of sp³-hybridized carbons (Fsp3) is 0.571. The molecule has 16 heavy (non-hydrogen) atoms. The van der Waals surface area contributed by atoms with Crippen molar-refractivity contribution in [2.75, 3.05) is 6.61 Å². The average Bonchev–Trinajstić information content (AvgIpc) is 2.75. The predicted octanol–water partition coefficient (Wildman–Crippen LogP) is 3.16. The van der Waals surface area contributed by atoms with Crippen LogP contribution in [0, 0.1) is 0 Å². The van der Waals surface area contributed by atoms with Crippen molar-refractivity contribution in [2.45, 2.75) is 45.0 Å². The van der Waals surface area contributed by atoms with Crippen LogP contribution in [0.4, 0.5) is 0 Å². The van der Waals surface area contributed by atoms with Crippen LogP contribution in [0.25, 0.3) is 0 Å². The Hall–Kier alpha value is -0.860. The Morgan fingerprint density at radius 1 is 1.19 bits per heavy atom. The van der Waals surface area contributed by atoms with Crippen LogP contribution >= 0.6 is 0 Å². The number of ether oxygens (including phenoxy) is 2. The van der Waals surface area contributed by atoms with E-state index >= 15 is 0 Å². The van der Waals surface area contributed by atoms with Crippen LogP contribution in [0.15, 0.2) is 30.3 Å². The Morgan fingerprint density at radius 3 is 2.44 bits per heavy atom. The smallest absolute Gasteiger partial charge is 0.168 e. The summed E-state index contributed by atoms with van der Waals surface area (Å²) in [5, 5.41) is 0. The summed E-state index contributed by atoms with van der Waals surface area (Å²) in [7, 11) is 0. The molecule has 1 saturated heterocycles. The van der Waals surface area contributed by atoms with Crippen LogP contribution in [-0.4, -0.2) is 18.5 Å². The van der Waals surface area contributed by atoms with Crippen LogP contribution in [-0.2, 0) is 15.9 Å². The molecule has 88 valence electrons. The maximum Gasteiger partial charge on any atom is 0.168 e. The number of rotatable bonds is 4. The summed E-state index contributed by atoms with van der Waals surface area (Å²) in [6.45, 7) is 4.96. The molecule has 0 aliphatic carbocycles. The summed E-state index contributed by atoms with van der Waals surface area (Å²) in [6.07, 6.45) is 3.01. The molecule has 0 N–H and O–H groups in total. The van der Waals surface area contributed by atoms with Crippen LogP contribution in [0.3, 0.4) is 0 Å². The molecule has 0 amide bonds. The number of hydrogen-bond acceptors (Lipinski definition) is 2. The highest BCUT2D eigenvalue weighted by atomic mass is 16.7. The third kappa shape index (κ3) is 2.45. The van der Waals surface area contributed by atoms with Crippen molar-refractivity contribution in [2.24, 2.45) is 0 Å². The molecule has 1 unspecified atom stereocenters. The van der Waals surface area contributed by atoms with E-state index in [9.17, 15) is 0 Å². The van der Waals surface area contributed by atoms with E-state index in [4.69, 9.17) is 9.47 Å². The lowest BCUT2D eigenvalue weighted by molar-refractivity contribution is -0.171. The van der Waals surface area contributed by atoms with Gasteiger partial charge in [0, 0.05) is 6.42 Å². The zero-order valence-corrected chi connectivity index (χ0v) is 10.1. The molecule has 2 nitrogen and oxygen atoms in total. The van der Waals surface area contributed by atoms with E-state index < -0.39 is 0 Å². The second-order valence-electron chi connectivity index (χ2n) is 4.36. The van der Waals surface area contributed by atoms with E-state index in [2.05, 4.69) is 38.1 Å². The van der Waals surface area contributed by atoms with Gasteiger partial charge in [0.25, 0.3) is 0 Å². The van der Waals surface area contributed by atoms with Gasteiger partial charge >= 0.3 is 0 Å². The largest absolute Gasteiger partial charge is 0.347 e. The zero-order valence-electron chi connectivity index (χ0n) is 10.1. The molecule has 0 aromatic heterocycles. The predicted molar refractivity (Wildman–Crippen MR) is 64.3 cm³/mol. The molecular weight excluding hydrogens is 200 g/mol. The summed E-state index contributed by atoms with van der Waals surface area (Å²) in [4.78, 5) is 0. The Labute approximate surface area is 97.6 Å². The fourth-order valence-electron chi connectivity index (χ4n) is 2.21. The highest BCUT2D eigenvalue weighted by Crippen LogP contribution is 2.31. The molecular formula is C14H20O2. The third-order valence-corrected chi connectivity index (χ3v) is 3.30. The summed E-state index contributed by atoms with van der Waals surface area (Å²) >= 11 is 0. The van der Waals surface area contributed by atoms with E-state index in [1.165, 1.54) is 5.56 Å². The van der Waals surface area contributed by atoms with E-state index in [1.54, 1.807) is 0 Å². The van der Waals surface area contributed by atoms with Gasteiger partial charge in [0.1, 0.15) is 0 Å².